The second-order valence-corrected chi connectivity index (χ2v) is 8.36. The van der Waals surface area contributed by atoms with Crippen LogP contribution in [0.3, 0.4) is 0 Å². The zero-order valence-corrected chi connectivity index (χ0v) is 19.7. The molecule has 1 aromatic heterocycles. The van der Waals surface area contributed by atoms with Crippen LogP contribution in [0.1, 0.15) is 59.6 Å². The first kappa shape index (κ1) is 22.9. The van der Waals surface area contributed by atoms with Crippen LogP contribution in [0.25, 0.3) is 0 Å². The Labute approximate surface area is 206 Å². The largest absolute Gasteiger partial charge is 0.493 e. The van der Waals surface area contributed by atoms with Crippen LogP contribution < -0.4 is 15.4 Å². The number of nitrogens with zero attached hydrogens (tertiary/aromatic N) is 1. The highest BCUT2D eigenvalue weighted by Crippen LogP contribution is 2.23. The molecule has 1 aliphatic heterocycles. The molecule has 1 aliphatic rings. The van der Waals surface area contributed by atoms with E-state index in [1.807, 2.05) is 0 Å². The fraction of sp³-hybridized carbons (Fsp3) is 0.440. The van der Waals surface area contributed by atoms with Crippen LogP contribution in [0.15, 0.2) is 47.1 Å². The van der Waals surface area contributed by atoms with Crippen molar-refractivity contribution < 1.29 is 36.2 Å². The fourth-order valence-corrected chi connectivity index (χ4v) is 3.54. The molecule has 1 aromatic carbocycles. The van der Waals surface area contributed by atoms with Gasteiger partial charge in [0.1, 0.15) is 11.5 Å². The van der Waals surface area contributed by atoms with Gasteiger partial charge in [0.25, 0.3) is 17.7 Å². The van der Waals surface area contributed by atoms with Gasteiger partial charge in [0.2, 0.25) is 0 Å². The number of carboxylic acids is 1. The van der Waals surface area contributed by atoms with E-state index in [0.717, 1.165) is 4.90 Å². The number of carbonyl (C=O) groups is 4. The molecule has 2 aromatic rings. The summed E-state index contributed by atoms with van der Waals surface area (Å²) in [6, 6.07) is 6.04. The Hall–Kier alpha value is -3.82. The maximum absolute atomic E-state index is 13.5. The first-order valence-electron chi connectivity index (χ1n) is 12.5. The van der Waals surface area contributed by atoms with E-state index in [1.165, 1.54) is 18.4 Å². The fourth-order valence-electron chi connectivity index (χ4n) is 3.54. The van der Waals surface area contributed by atoms with Crippen molar-refractivity contribution >= 4 is 23.7 Å². The van der Waals surface area contributed by atoms with Crippen LogP contribution >= 0.6 is 0 Å². The molecule has 1 saturated heterocycles. The van der Waals surface area contributed by atoms with Crippen LogP contribution in [0.4, 0.5) is 0 Å². The molecule has 35 heavy (non-hydrogen) atoms. The number of ether oxygens (including phenoxy) is 1. The van der Waals surface area contributed by atoms with Gasteiger partial charge in [0.05, 0.1) is 15.6 Å². The molecule has 3 amide bonds. The van der Waals surface area contributed by atoms with E-state index in [0.29, 0.717) is 19.3 Å². The Bertz CT molecular complexity index is 1120. The highest BCUT2D eigenvalue weighted by atomic mass is 16.5. The third-order valence-electron chi connectivity index (χ3n) is 5.35. The molecule has 10 heteroatoms. The summed E-state index contributed by atoms with van der Waals surface area (Å²) < 4.78 is 28.7. The highest BCUT2D eigenvalue weighted by molar-refractivity contribution is 6.10. The topological polar surface area (TPSA) is 138 Å². The van der Waals surface area contributed by atoms with Gasteiger partial charge in [-0.25, -0.2) is 0 Å². The maximum Gasteiger partial charge on any atom is 0.303 e. The number of hydrogen-bond acceptors (Lipinski definition) is 6. The summed E-state index contributed by atoms with van der Waals surface area (Å²) in [5.41, 5.74) is 0.0820. The smallest absolute Gasteiger partial charge is 0.303 e. The number of carbonyl (C=O) groups excluding carboxylic acids is 3. The second kappa shape index (κ2) is 12.0. The van der Waals surface area contributed by atoms with Gasteiger partial charge in [0.15, 0.2) is 12.1 Å². The lowest BCUT2D eigenvalue weighted by molar-refractivity contribution is -0.148. The minimum absolute atomic E-state index is 0.0676. The number of benzene rings is 1. The van der Waals surface area contributed by atoms with Crippen LogP contribution in [0.2, 0.25) is 0 Å². The van der Waals surface area contributed by atoms with Crippen molar-refractivity contribution in [2.24, 2.45) is 0 Å². The average molecular weight is 488 g/mol. The molecule has 0 aliphatic carbocycles. The Balaban J connectivity index is 1.76. The number of para-hydroxylation sites is 1. The molecule has 3 rings (SSSR count). The van der Waals surface area contributed by atoms with Crippen LogP contribution in [-0.4, -0.2) is 52.4 Å². The summed E-state index contributed by atoms with van der Waals surface area (Å²) in [6.07, 6.45) is 3.14. The van der Waals surface area contributed by atoms with Crippen molar-refractivity contribution in [3.63, 3.8) is 0 Å². The van der Waals surface area contributed by atoms with Crippen molar-refractivity contribution in [2.45, 2.75) is 64.2 Å². The lowest BCUT2D eigenvalue weighted by atomic mass is 10.1. The predicted molar refractivity (Wildman–Crippen MR) is 125 cm³/mol. The zero-order valence-electron chi connectivity index (χ0n) is 21.7. The quantitative estimate of drug-likeness (QED) is 0.309. The Morgan fingerprint density at radius 1 is 1.11 bits per heavy atom. The highest BCUT2D eigenvalue weighted by Gasteiger charge is 2.42. The Morgan fingerprint density at radius 2 is 1.89 bits per heavy atom. The van der Waals surface area contributed by atoms with Gasteiger partial charge in [-0.05, 0) is 51.3 Å². The summed E-state index contributed by atoms with van der Waals surface area (Å²) in [6.45, 7) is 1.05. The molecule has 0 bridgehead atoms. The molecule has 10 nitrogen and oxygen atoms in total. The molecular weight excluding hydrogens is 454 g/mol. The second-order valence-electron chi connectivity index (χ2n) is 8.36. The minimum Gasteiger partial charge on any atom is -0.493 e. The van der Waals surface area contributed by atoms with Crippen molar-refractivity contribution in [1.82, 2.24) is 15.5 Å². The molecule has 2 unspecified atom stereocenters. The van der Waals surface area contributed by atoms with E-state index in [1.54, 1.807) is 38.1 Å². The van der Waals surface area contributed by atoms with Crippen LogP contribution in [0, 0.1) is 0 Å². The normalized spacial score (nSPS) is 18.8. The number of piperazine rings is 1. The Morgan fingerprint density at radius 3 is 2.57 bits per heavy atom. The van der Waals surface area contributed by atoms with Gasteiger partial charge in [-0.3, -0.25) is 19.2 Å². The number of unbranched alkanes of at least 4 members (excludes halogenated alkanes) is 2. The van der Waals surface area contributed by atoms with E-state index in [2.05, 4.69) is 10.6 Å². The van der Waals surface area contributed by atoms with E-state index in [-0.39, 0.29) is 30.1 Å². The zero-order chi connectivity index (χ0) is 27.2. The van der Waals surface area contributed by atoms with Gasteiger partial charge >= 0.3 is 5.97 Å². The SMILES string of the molecule is [2H]C([2H])(c1ccccc1OCCCCCC(=O)O)N(C(=O)C1NC(=O)C(c2ccco2)NC1=O)C(C)C. The molecule has 1 fully saturated rings. The monoisotopic (exact) mass is 487 g/mol. The van der Waals surface area contributed by atoms with E-state index in [4.69, 9.17) is 17.0 Å². The van der Waals surface area contributed by atoms with Crippen molar-refractivity contribution in [2.75, 3.05) is 6.61 Å². The number of nitrogens with one attached hydrogen (secondary N) is 2. The molecule has 3 N–H and O–H groups in total. The van der Waals surface area contributed by atoms with E-state index in [9.17, 15) is 19.2 Å². The average Bonchev–Trinajstić information content (AvgIpc) is 3.37. The summed E-state index contributed by atoms with van der Waals surface area (Å²) in [5.74, 6) is -2.77. The first-order valence-corrected chi connectivity index (χ1v) is 11.5. The van der Waals surface area contributed by atoms with Crippen molar-refractivity contribution in [1.29, 1.82) is 0 Å². The summed E-state index contributed by atoms with van der Waals surface area (Å²) >= 11 is 0. The summed E-state index contributed by atoms with van der Waals surface area (Å²) in [7, 11) is 0. The van der Waals surface area contributed by atoms with Gasteiger partial charge in [-0.15, -0.1) is 0 Å². The molecule has 0 spiro atoms. The lowest BCUT2D eigenvalue weighted by Crippen LogP contribution is -2.63. The molecule has 188 valence electrons. The lowest BCUT2D eigenvalue weighted by Gasteiger charge is -2.34. The molecular formula is C25H31N3O7. The van der Waals surface area contributed by atoms with Crippen molar-refractivity contribution in [3.05, 3.63) is 54.0 Å². The predicted octanol–water partition coefficient (Wildman–Crippen LogP) is 2.40. The minimum atomic E-state index is -2.39. The standard InChI is InChI=1S/C25H31N3O7/c1-16(2)28(15-17-9-5-6-10-18(17)34-13-7-3-4-12-20(29)30)25(33)22-24(32)26-21(23(31)27-22)19-11-8-14-35-19/h5-6,8-11,14,16,21-22H,3-4,7,12-13,15H2,1-2H3,(H,26,32)(H,27,31)(H,29,30)/i15D2. The number of rotatable bonds is 12. The van der Waals surface area contributed by atoms with E-state index >= 15 is 0 Å². The van der Waals surface area contributed by atoms with Crippen molar-refractivity contribution in [3.8, 4) is 5.75 Å². The van der Waals surface area contributed by atoms with Gasteiger partial charge in [0, 0.05) is 24.5 Å². The van der Waals surface area contributed by atoms with E-state index < -0.39 is 48.3 Å². The van der Waals surface area contributed by atoms with Gasteiger partial charge < -0.3 is 29.8 Å². The molecule has 0 saturated carbocycles. The number of hydrogen-bond donors (Lipinski definition) is 3. The number of furan rings is 1. The van der Waals surface area contributed by atoms with Gasteiger partial charge in [-0.2, -0.15) is 0 Å². The Kier molecular flexibility index (Phi) is 7.90. The third kappa shape index (κ3) is 6.84. The first-order chi connectivity index (χ1) is 17.5. The third-order valence-corrected chi connectivity index (χ3v) is 5.35. The maximum atomic E-state index is 13.5. The number of carboxylic acid groups (broad SMARTS) is 1. The number of amides is 3. The summed E-state index contributed by atoms with van der Waals surface area (Å²) in [5, 5.41) is 13.6. The number of aliphatic carboxylic acids is 1. The summed E-state index contributed by atoms with van der Waals surface area (Å²) in [4.78, 5) is 50.5. The van der Waals surface area contributed by atoms with Crippen LogP contribution in [-0.2, 0) is 25.7 Å². The molecule has 2 heterocycles. The van der Waals surface area contributed by atoms with Crippen LogP contribution in [0.5, 0.6) is 5.75 Å². The van der Waals surface area contributed by atoms with Gasteiger partial charge in [-0.1, -0.05) is 18.2 Å². The molecule has 2 atom stereocenters. The molecule has 0 radical (unpaired) electrons.